The Morgan fingerprint density at radius 2 is 1.97 bits per heavy atom. The Balaban J connectivity index is 1.79. The van der Waals surface area contributed by atoms with E-state index in [9.17, 15) is 23.1 Å². The molecule has 0 aliphatic rings. The fraction of sp³-hybridized carbons (Fsp3) is 0.350. The van der Waals surface area contributed by atoms with Crippen LogP contribution in [0.4, 0.5) is 13.2 Å². The van der Waals surface area contributed by atoms with Crippen LogP contribution in [0.5, 0.6) is 0 Å². The zero-order valence-corrected chi connectivity index (χ0v) is 16.2. The summed E-state index contributed by atoms with van der Waals surface area (Å²) in [4.78, 5) is 17.0. The van der Waals surface area contributed by atoms with Crippen LogP contribution < -0.4 is 5.32 Å². The lowest BCUT2D eigenvalue weighted by Crippen LogP contribution is -2.30. The van der Waals surface area contributed by atoms with Gasteiger partial charge in [0.1, 0.15) is 0 Å². The first kappa shape index (κ1) is 20.8. The first-order valence-corrected chi connectivity index (χ1v) is 9.07. The molecule has 0 fully saturated rings. The van der Waals surface area contributed by atoms with Crippen molar-refractivity contribution in [2.45, 2.75) is 39.1 Å². The van der Waals surface area contributed by atoms with Gasteiger partial charge in [-0.25, -0.2) is 9.67 Å². The Morgan fingerprint density at radius 1 is 1.28 bits per heavy atom. The zero-order valence-electron chi connectivity index (χ0n) is 16.2. The van der Waals surface area contributed by atoms with Gasteiger partial charge < -0.3 is 10.4 Å². The molecule has 0 saturated carbocycles. The third kappa shape index (κ3) is 4.24. The predicted octanol–water partition coefficient (Wildman–Crippen LogP) is 3.80. The van der Waals surface area contributed by atoms with Crippen LogP contribution in [-0.2, 0) is 6.18 Å². The number of alkyl halides is 3. The van der Waals surface area contributed by atoms with Crippen LogP contribution >= 0.6 is 0 Å². The van der Waals surface area contributed by atoms with Gasteiger partial charge in [0.2, 0.25) is 0 Å². The van der Waals surface area contributed by atoms with E-state index in [1.165, 1.54) is 18.2 Å². The van der Waals surface area contributed by atoms with Crippen LogP contribution in [0.2, 0.25) is 0 Å². The minimum atomic E-state index is -4.59. The molecule has 3 rings (SSSR count). The molecule has 9 heteroatoms. The monoisotopic (exact) mass is 406 g/mol. The SMILES string of the molecule is Cc1nc2c(cnn2C(C)C)cc1C(=O)NCC(O)c1ccccc1C(F)(F)F. The number of aromatic nitrogens is 3. The van der Waals surface area contributed by atoms with Gasteiger partial charge in [0.15, 0.2) is 5.65 Å². The molecule has 2 aromatic heterocycles. The van der Waals surface area contributed by atoms with Gasteiger partial charge >= 0.3 is 6.18 Å². The van der Waals surface area contributed by atoms with Crippen LogP contribution in [0.25, 0.3) is 11.0 Å². The van der Waals surface area contributed by atoms with E-state index in [0.29, 0.717) is 16.7 Å². The predicted molar refractivity (Wildman–Crippen MR) is 101 cm³/mol. The number of rotatable bonds is 5. The number of fused-ring (bicyclic) bond motifs is 1. The summed E-state index contributed by atoms with van der Waals surface area (Å²) in [6, 6.07) is 6.48. The van der Waals surface area contributed by atoms with E-state index in [4.69, 9.17) is 0 Å². The average Bonchev–Trinajstić information content (AvgIpc) is 3.07. The maximum absolute atomic E-state index is 13.1. The number of aryl methyl sites for hydroxylation is 1. The largest absolute Gasteiger partial charge is 0.416 e. The molecular formula is C20H21F3N4O2. The molecule has 2 N–H and O–H groups in total. The van der Waals surface area contributed by atoms with Crippen molar-refractivity contribution < 1.29 is 23.1 Å². The van der Waals surface area contributed by atoms with Gasteiger partial charge in [-0.2, -0.15) is 18.3 Å². The average molecular weight is 406 g/mol. The number of amides is 1. The summed E-state index contributed by atoms with van der Waals surface area (Å²) >= 11 is 0. The molecule has 0 radical (unpaired) electrons. The molecule has 0 bridgehead atoms. The number of nitrogens with zero attached hydrogens (tertiary/aromatic N) is 3. The third-order valence-corrected chi connectivity index (χ3v) is 4.57. The second kappa shape index (κ2) is 7.82. The maximum Gasteiger partial charge on any atom is 0.416 e. The number of hydrogen-bond acceptors (Lipinski definition) is 4. The molecule has 0 spiro atoms. The molecule has 0 saturated heterocycles. The first-order valence-electron chi connectivity index (χ1n) is 9.07. The molecule has 0 aliphatic heterocycles. The van der Waals surface area contributed by atoms with E-state index in [1.54, 1.807) is 23.9 Å². The third-order valence-electron chi connectivity index (χ3n) is 4.57. The lowest BCUT2D eigenvalue weighted by Gasteiger charge is -2.18. The lowest BCUT2D eigenvalue weighted by molar-refractivity contribution is -0.139. The highest BCUT2D eigenvalue weighted by atomic mass is 19.4. The van der Waals surface area contributed by atoms with Gasteiger partial charge in [-0.1, -0.05) is 18.2 Å². The van der Waals surface area contributed by atoms with Crippen LogP contribution in [0, 0.1) is 6.92 Å². The Labute approximate surface area is 165 Å². The highest BCUT2D eigenvalue weighted by Crippen LogP contribution is 2.34. The van der Waals surface area contributed by atoms with E-state index in [1.807, 2.05) is 13.8 Å². The Hall–Kier alpha value is -2.94. The van der Waals surface area contributed by atoms with Crippen LogP contribution in [-0.4, -0.2) is 32.3 Å². The molecule has 1 amide bonds. The second-order valence-corrected chi connectivity index (χ2v) is 7.03. The van der Waals surface area contributed by atoms with Crippen molar-refractivity contribution >= 4 is 16.9 Å². The van der Waals surface area contributed by atoms with Crippen molar-refractivity contribution in [3.8, 4) is 0 Å². The van der Waals surface area contributed by atoms with E-state index >= 15 is 0 Å². The molecular weight excluding hydrogens is 385 g/mol. The van der Waals surface area contributed by atoms with Gasteiger partial charge in [0, 0.05) is 18.0 Å². The minimum absolute atomic E-state index is 0.0999. The summed E-state index contributed by atoms with van der Waals surface area (Å²) in [5, 5.41) is 17.6. The molecule has 0 aliphatic carbocycles. The number of nitrogens with one attached hydrogen (secondary N) is 1. The van der Waals surface area contributed by atoms with Crippen molar-refractivity contribution in [1.82, 2.24) is 20.1 Å². The summed E-state index contributed by atoms with van der Waals surface area (Å²) in [6.07, 6.45) is -4.49. The van der Waals surface area contributed by atoms with E-state index in [-0.39, 0.29) is 23.7 Å². The summed E-state index contributed by atoms with van der Waals surface area (Å²) in [5.74, 6) is -0.530. The molecule has 29 heavy (non-hydrogen) atoms. The molecule has 3 aromatic rings. The number of carbonyl (C=O) groups is 1. The number of carbonyl (C=O) groups excluding carboxylic acids is 1. The standard InChI is InChI=1S/C20H21F3N4O2/c1-11(2)27-18-13(9-25-27)8-15(12(3)26-18)19(29)24-10-17(28)14-6-4-5-7-16(14)20(21,22)23/h4-9,11,17,28H,10H2,1-3H3,(H,24,29). The molecule has 1 atom stereocenters. The van der Waals surface area contributed by atoms with Gasteiger partial charge in [0.05, 0.1) is 29.1 Å². The van der Waals surface area contributed by atoms with Crippen LogP contribution in [0.15, 0.2) is 36.5 Å². The number of benzene rings is 1. The van der Waals surface area contributed by atoms with Crippen molar-refractivity contribution in [2.75, 3.05) is 6.54 Å². The molecule has 6 nitrogen and oxygen atoms in total. The normalized spacial score (nSPS) is 13.1. The van der Waals surface area contributed by atoms with Crippen LogP contribution in [0.1, 0.15) is 53.2 Å². The van der Waals surface area contributed by atoms with Gasteiger partial charge in [-0.05, 0) is 38.5 Å². The molecule has 1 aromatic carbocycles. The maximum atomic E-state index is 13.1. The molecule has 154 valence electrons. The molecule has 2 heterocycles. The van der Waals surface area contributed by atoms with E-state index in [0.717, 1.165) is 6.07 Å². The van der Waals surface area contributed by atoms with Crippen molar-refractivity contribution in [3.63, 3.8) is 0 Å². The molecule has 1 unspecified atom stereocenters. The lowest BCUT2D eigenvalue weighted by atomic mass is 10.0. The highest BCUT2D eigenvalue weighted by Gasteiger charge is 2.34. The minimum Gasteiger partial charge on any atom is -0.387 e. The fourth-order valence-electron chi connectivity index (χ4n) is 3.11. The number of hydrogen-bond donors (Lipinski definition) is 2. The number of aliphatic hydroxyl groups excluding tert-OH is 1. The van der Waals surface area contributed by atoms with Gasteiger partial charge in [-0.3, -0.25) is 4.79 Å². The van der Waals surface area contributed by atoms with Crippen molar-refractivity contribution in [3.05, 3.63) is 58.9 Å². The highest BCUT2D eigenvalue weighted by molar-refractivity contribution is 5.98. The van der Waals surface area contributed by atoms with E-state index in [2.05, 4.69) is 15.4 Å². The smallest absolute Gasteiger partial charge is 0.387 e. The topological polar surface area (TPSA) is 80.0 Å². The summed E-state index contributed by atoms with van der Waals surface area (Å²) in [7, 11) is 0. The van der Waals surface area contributed by atoms with Gasteiger partial charge in [-0.15, -0.1) is 0 Å². The Bertz CT molecular complexity index is 1040. The summed E-state index contributed by atoms with van der Waals surface area (Å²) in [6.45, 7) is 5.23. The number of aliphatic hydroxyl groups is 1. The fourth-order valence-corrected chi connectivity index (χ4v) is 3.11. The Morgan fingerprint density at radius 3 is 2.62 bits per heavy atom. The second-order valence-electron chi connectivity index (χ2n) is 7.03. The van der Waals surface area contributed by atoms with Crippen molar-refractivity contribution in [2.24, 2.45) is 0 Å². The Kier molecular flexibility index (Phi) is 5.61. The van der Waals surface area contributed by atoms with Crippen molar-refractivity contribution in [1.29, 1.82) is 0 Å². The van der Waals surface area contributed by atoms with Gasteiger partial charge in [0.25, 0.3) is 5.91 Å². The van der Waals surface area contributed by atoms with E-state index < -0.39 is 23.8 Å². The summed E-state index contributed by atoms with van der Waals surface area (Å²) < 4.78 is 41.1. The first-order chi connectivity index (χ1) is 13.6. The quantitative estimate of drug-likeness (QED) is 0.675. The zero-order chi connectivity index (χ0) is 21.3. The number of pyridine rings is 1. The summed E-state index contributed by atoms with van der Waals surface area (Å²) in [5.41, 5.74) is 0.166. The van der Waals surface area contributed by atoms with Crippen LogP contribution in [0.3, 0.4) is 0 Å². The number of halogens is 3.